The number of hydrogen-bond acceptors (Lipinski definition) is 3. The maximum absolute atomic E-state index is 12.0. The van der Waals surface area contributed by atoms with E-state index in [1.54, 1.807) is 39.1 Å². The number of hydrogen-bond donors (Lipinski definition) is 3. The van der Waals surface area contributed by atoms with Gasteiger partial charge in [0.15, 0.2) is 0 Å². The van der Waals surface area contributed by atoms with Crippen LogP contribution in [0.25, 0.3) is 0 Å². The maximum Gasteiger partial charge on any atom is 0.254 e. The van der Waals surface area contributed by atoms with E-state index in [0.717, 1.165) is 0 Å². The van der Waals surface area contributed by atoms with E-state index in [1.165, 1.54) is 0 Å². The van der Waals surface area contributed by atoms with Crippen molar-refractivity contribution >= 4 is 17.5 Å². The minimum Gasteiger partial charge on any atom is -0.387 e. The Bertz CT molecular complexity index is 441. The molecule has 0 unspecified atom stereocenters. The Labute approximate surface area is 100 Å². The molecule has 92 valence electrons. The van der Waals surface area contributed by atoms with Gasteiger partial charge in [-0.1, -0.05) is 12.1 Å². The number of carbonyl (C=O) groups is 2. The van der Waals surface area contributed by atoms with Crippen LogP contribution in [0.1, 0.15) is 24.2 Å². The molecule has 0 radical (unpaired) electrons. The van der Waals surface area contributed by atoms with Crippen molar-refractivity contribution in [2.24, 2.45) is 5.73 Å². The zero-order valence-corrected chi connectivity index (χ0v) is 10.2. The van der Waals surface area contributed by atoms with Crippen LogP contribution in [0.4, 0.5) is 5.69 Å². The Morgan fingerprint density at radius 2 is 1.82 bits per heavy atom. The predicted octanol–water partition coefficient (Wildman–Crippen LogP) is 0.722. The van der Waals surface area contributed by atoms with Crippen LogP contribution in [0.5, 0.6) is 0 Å². The van der Waals surface area contributed by atoms with Crippen LogP contribution in [-0.2, 0) is 4.79 Å². The Morgan fingerprint density at radius 1 is 1.24 bits per heavy atom. The molecule has 0 heterocycles. The number of anilines is 1. The lowest BCUT2D eigenvalue weighted by atomic mass is 10.0. The molecule has 0 aliphatic carbocycles. The smallest absolute Gasteiger partial charge is 0.254 e. The van der Waals surface area contributed by atoms with Gasteiger partial charge in [-0.3, -0.25) is 9.59 Å². The van der Waals surface area contributed by atoms with Gasteiger partial charge >= 0.3 is 0 Å². The van der Waals surface area contributed by atoms with Crippen molar-refractivity contribution in [3.05, 3.63) is 29.8 Å². The Balaban J connectivity index is 2.94. The van der Waals surface area contributed by atoms with Crippen molar-refractivity contribution in [3.63, 3.8) is 0 Å². The summed E-state index contributed by atoms with van der Waals surface area (Å²) in [6.45, 7) is 3.13. The summed E-state index contributed by atoms with van der Waals surface area (Å²) >= 11 is 0. The molecule has 0 aliphatic heterocycles. The largest absolute Gasteiger partial charge is 0.387 e. The first-order valence-electron chi connectivity index (χ1n) is 5.27. The summed E-state index contributed by atoms with van der Waals surface area (Å²) in [6.07, 6.45) is 0. The third-order valence-corrected chi connectivity index (χ3v) is 2.48. The Kier molecular flexibility index (Phi) is 3.73. The first-order valence-corrected chi connectivity index (χ1v) is 5.27. The average molecular weight is 235 g/mol. The minimum absolute atomic E-state index is 0.334. The molecule has 5 heteroatoms. The van der Waals surface area contributed by atoms with Gasteiger partial charge in [0.05, 0.1) is 5.56 Å². The summed E-state index contributed by atoms with van der Waals surface area (Å²) < 4.78 is 0. The number of carbonyl (C=O) groups excluding carboxylic acids is 2. The van der Waals surface area contributed by atoms with Crippen molar-refractivity contribution in [3.8, 4) is 0 Å². The highest BCUT2D eigenvalue weighted by molar-refractivity contribution is 6.02. The molecule has 0 spiro atoms. The lowest BCUT2D eigenvalue weighted by Crippen LogP contribution is -2.53. The predicted molar refractivity (Wildman–Crippen MR) is 66.7 cm³/mol. The molecule has 0 saturated carbocycles. The van der Waals surface area contributed by atoms with Crippen LogP contribution in [-0.4, -0.2) is 24.4 Å². The lowest BCUT2D eigenvalue weighted by molar-refractivity contribution is -0.122. The van der Waals surface area contributed by atoms with E-state index >= 15 is 0 Å². The van der Waals surface area contributed by atoms with Crippen molar-refractivity contribution in [1.29, 1.82) is 0 Å². The molecule has 1 aromatic rings. The summed E-state index contributed by atoms with van der Waals surface area (Å²) in [5.41, 5.74) is 5.30. The second-order valence-electron chi connectivity index (χ2n) is 4.24. The zero-order valence-electron chi connectivity index (χ0n) is 10.2. The molecule has 0 atom stereocenters. The normalized spacial score (nSPS) is 10.8. The molecular weight excluding hydrogens is 218 g/mol. The van der Waals surface area contributed by atoms with Crippen LogP contribution in [0.2, 0.25) is 0 Å². The highest BCUT2D eigenvalue weighted by Crippen LogP contribution is 2.15. The molecule has 0 aliphatic rings. The number of amides is 2. The minimum atomic E-state index is -1.07. The molecular formula is C12H17N3O2. The highest BCUT2D eigenvalue weighted by atomic mass is 16.2. The Hall–Kier alpha value is -2.04. The van der Waals surface area contributed by atoms with E-state index in [9.17, 15) is 9.59 Å². The number of primary amides is 1. The van der Waals surface area contributed by atoms with Crippen LogP contribution in [0, 0.1) is 0 Å². The molecule has 1 rings (SSSR count). The third kappa shape index (κ3) is 2.96. The van der Waals surface area contributed by atoms with Gasteiger partial charge in [0.25, 0.3) is 5.91 Å². The van der Waals surface area contributed by atoms with Gasteiger partial charge in [-0.2, -0.15) is 0 Å². The van der Waals surface area contributed by atoms with Gasteiger partial charge in [-0.05, 0) is 26.0 Å². The zero-order chi connectivity index (χ0) is 13.1. The van der Waals surface area contributed by atoms with E-state index < -0.39 is 11.4 Å². The fraction of sp³-hybridized carbons (Fsp3) is 0.333. The highest BCUT2D eigenvalue weighted by Gasteiger charge is 2.27. The first-order chi connectivity index (χ1) is 7.88. The van der Waals surface area contributed by atoms with Crippen LogP contribution < -0.4 is 16.4 Å². The fourth-order valence-corrected chi connectivity index (χ4v) is 1.31. The molecule has 5 nitrogen and oxygen atoms in total. The van der Waals surface area contributed by atoms with Crippen molar-refractivity contribution < 1.29 is 9.59 Å². The molecule has 4 N–H and O–H groups in total. The fourth-order valence-electron chi connectivity index (χ4n) is 1.31. The number of nitrogens with one attached hydrogen (secondary N) is 2. The summed E-state index contributed by atoms with van der Waals surface area (Å²) in [5.74, 6) is -0.911. The van der Waals surface area contributed by atoms with Gasteiger partial charge in [0, 0.05) is 12.7 Å². The van der Waals surface area contributed by atoms with Gasteiger partial charge in [-0.15, -0.1) is 0 Å². The van der Waals surface area contributed by atoms with Crippen molar-refractivity contribution in [1.82, 2.24) is 5.32 Å². The SMILES string of the molecule is CNc1ccccc1C(=O)NC(C)(C)C(N)=O. The molecule has 2 amide bonds. The topological polar surface area (TPSA) is 84.2 Å². The van der Waals surface area contributed by atoms with Crippen molar-refractivity contribution in [2.45, 2.75) is 19.4 Å². The molecule has 1 aromatic carbocycles. The van der Waals surface area contributed by atoms with Crippen LogP contribution in [0.15, 0.2) is 24.3 Å². The number of benzene rings is 1. The third-order valence-electron chi connectivity index (χ3n) is 2.48. The van der Waals surface area contributed by atoms with Crippen molar-refractivity contribution in [2.75, 3.05) is 12.4 Å². The summed E-state index contributed by atoms with van der Waals surface area (Å²) in [6, 6.07) is 7.04. The van der Waals surface area contributed by atoms with E-state index in [4.69, 9.17) is 5.73 Å². The number of nitrogens with two attached hydrogens (primary N) is 1. The van der Waals surface area contributed by atoms with Gasteiger partial charge in [0.2, 0.25) is 5.91 Å². The first kappa shape index (κ1) is 13.0. The van der Waals surface area contributed by atoms with Crippen LogP contribution in [0.3, 0.4) is 0 Å². The molecule has 17 heavy (non-hydrogen) atoms. The summed E-state index contributed by atoms with van der Waals surface area (Å²) in [5, 5.41) is 5.51. The van der Waals surface area contributed by atoms with Gasteiger partial charge in [-0.25, -0.2) is 0 Å². The molecule has 0 saturated heterocycles. The average Bonchev–Trinajstić information content (AvgIpc) is 2.28. The second kappa shape index (κ2) is 4.86. The molecule has 0 bridgehead atoms. The van der Waals surface area contributed by atoms with E-state index in [-0.39, 0.29) is 5.91 Å². The van der Waals surface area contributed by atoms with E-state index in [0.29, 0.717) is 11.3 Å². The summed E-state index contributed by atoms with van der Waals surface area (Å²) in [7, 11) is 1.73. The molecule has 0 fully saturated rings. The number of para-hydroxylation sites is 1. The monoisotopic (exact) mass is 235 g/mol. The maximum atomic E-state index is 12.0. The summed E-state index contributed by atoms with van der Waals surface area (Å²) in [4.78, 5) is 23.1. The van der Waals surface area contributed by atoms with Gasteiger partial charge in [0.1, 0.15) is 5.54 Å². The Morgan fingerprint density at radius 3 is 2.35 bits per heavy atom. The van der Waals surface area contributed by atoms with E-state index in [1.807, 2.05) is 6.07 Å². The molecule has 0 aromatic heterocycles. The quantitative estimate of drug-likeness (QED) is 0.719. The lowest BCUT2D eigenvalue weighted by Gasteiger charge is -2.22. The van der Waals surface area contributed by atoms with E-state index in [2.05, 4.69) is 10.6 Å². The number of rotatable bonds is 4. The second-order valence-corrected chi connectivity index (χ2v) is 4.24. The standard InChI is InChI=1S/C12H17N3O2/c1-12(2,11(13)17)15-10(16)8-6-4-5-7-9(8)14-3/h4-7,14H,1-3H3,(H2,13,17)(H,15,16). The van der Waals surface area contributed by atoms with Crippen LogP contribution >= 0.6 is 0 Å². The van der Waals surface area contributed by atoms with Gasteiger partial charge < -0.3 is 16.4 Å².